The largest absolute Gasteiger partial charge is 0.378 e. The number of carbonyl (C=O) groups is 1. The van der Waals surface area contributed by atoms with Crippen molar-refractivity contribution < 1.29 is 9.42 Å². The topological polar surface area (TPSA) is 140 Å². The molecule has 1 aromatic carbocycles. The van der Waals surface area contributed by atoms with E-state index in [4.69, 9.17) is 5.73 Å². The van der Waals surface area contributed by atoms with Crippen LogP contribution in [0.5, 0.6) is 0 Å². The molecule has 3 N–H and O–H groups in total. The molecule has 0 fully saturated rings. The van der Waals surface area contributed by atoms with Gasteiger partial charge >= 0.3 is 0 Å². The van der Waals surface area contributed by atoms with Gasteiger partial charge in [0.15, 0.2) is 5.69 Å². The number of aromatic nitrogens is 5. The van der Waals surface area contributed by atoms with E-state index in [0.29, 0.717) is 12.2 Å². The number of rotatable bonds is 7. The normalized spacial score (nSPS) is 11.4. The van der Waals surface area contributed by atoms with Crippen LogP contribution in [0.4, 0.5) is 5.82 Å². The molecule has 0 aliphatic carbocycles. The second kappa shape index (κ2) is 8.39. The van der Waals surface area contributed by atoms with Crippen LogP contribution in [-0.4, -0.2) is 56.4 Å². The van der Waals surface area contributed by atoms with E-state index in [1.54, 1.807) is 6.21 Å². The summed E-state index contributed by atoms with van der Waals surface area (Å²) >= 11 is 0. The number of aryl methyl sites for hydroxylation is 1. The van der Waals surface area contributed by atoms with Crippen molar-refractivity contribution in [3.05, 3.63) is 46.8 Å². The van der Waals surface area contributed by atoms with Gasteiger partial charge in [0.25, 0.3) is 5.91 Å². The molecule has 11 heteroatoms. The van der Waals surface area contributed by atoms with Gasteiger partial charge in [-0.25, -0.2) is 10.1 Å². The van der Waals surface area contributed by atoms with Gasteiger partial charge in [-0.2, -0.15) is 9.78 Å². The van der Waals surface area contributed by atoms with Crippen molar-refractivity contribution in [2.24, 2.45) is 5.10 Å². The van der Waals surface area contributed by atoms with Crippen LogP contribution in [0, 0.1) is 0 Å². The van der Waals surface area contributed by atoms with Gasteiger partial charge in [0.05, 0.1) is 11.9 Å². The first-order chi connectivity index (χ1) is 13.5. The first kappa shape index (κ1) is 19.2. The molecule has 2 aromatic heterocycles. The van der Waals surface area contributed by atoms with Crippen molar-refractivity contribution in [3.63, 3.8) is 0 Å². The number of nitrogen functional groups attached to an aromatic ring is 1. The minimum absolute atomic E-state index is 0.0467. The lowest BCUT2D eigenvalue weighted by Gasteiger charge is -2.11. The average molecular weight is 383 g/mol. The number of carbonyl (C=O) groups excluding carboxylic acids is 1. The standard InChI is InChI=1S/C17H21N9O2/c1-4-11-5-7-12(8-6-11)9-19-21-17(27)14-13(10-25(2)3)26(24-20-14)16-15(18)22-28-23-16/h5-9H,4,10H2,1-3H3,(H2,18,22)(H,21,27)/b19-9-. The maximum atomic E-state index is 12.6. The maximum Gasteiger partial charge on any atom is 0.293 e. The second-order valence-corrected chi connectivity index (χ2v) is 6.30. The summed E-state index contributed by atoms with van der Waals surface area (Å²) in [6, 6.07) is 7.89. The Morgan fingerprint density at radius 3 is 2.68 bits per heavy atom. The first-order valence-corrected chi connectivity index (χ1v) is 8.59. The van der Waals surface area contributed by atoms with E-state index in [9.17, 15) is 4.79 Å². The summed E-state index contributed by atoms with van der Waals surface area (Å²) < 4.78 is 5.94. The summed E-state index contributed by atoms with van der Waals surface area (Å²) in [5.41, 5.74) is 10.9. The quantitative estimate of drug-likeness (QED) is 0.447. The molecule has 0 aliphatic rings. The molecule has 0 atom stereocenters. The van der Waals surface area contributed by atoms with Crippen molar-refractivity contribution in [2.45, 2.75) is 19.9 Å². The van der Waals surface area contributed by atoms with Gasteiger partial charge in [0.1, 0.15) is 0 Å². The fourth-order valence-corrected chi connectivity index (χ4v) is 2.49. The van der Waals surface area contributed by atoms with E-state index in [1.807, 2.05) is 43.3 Å². The lowest BCUT2D eigenvalue weighted by molar-refractivity contribution is 0.0948. The van der Waals surface area contributed by atoms with E-state index in [-0.39, 0.29) is 17.3 Å². The number of benzene rings is 1. The maximum absolute atomic E-state index is 12.6. The number of hydrogen-bond acceptors (Lipinski definition) is 9. The summed E-state index contributed by atoms with van der Waals surface area (Å²) in [7, 11) is 3.70. The summed E-state index contributed by atoms with van der Waals surface area (Å²) in [6.45, 7) is 2.45. The first-order valence-electron chi connectivity index (χ1n) is 8.59. The predicted octanol–water partition coefficient (Wildman–Crippen LogP) is 0.620. The van der Waals surface area contributed by atoms with Gasteiger partial charge in [-0.05, 0) is 42.0 Å². The van der Waals surface area contributed by atoms with E-state index in [1.165, 1.54) is 10.2 Å². The highest BCUT2D eigenvalue weighted by molar-refractivity contribution is 5.94. The van der Waals surface area contributed by atoms with Gasteiger partial charge in [-0.15, -0.1) is 5.10 Å². The van der Waals surface area contributed by atoms with Gasteiger partial charge < -0.3 is 10.6 Å². The van der Waals surface area contributed by atoms with Crippen LogP contribution < -0.4 is 11.2 Å². The van der Waals surface area contributed by atoms with Gasteiger partial charge in [-0.3, -0.25) is 4.79 Å². The minimum atomic E-state index is -0.500. The van der Waals surface area contributed by atoms with Crippen molar-refractivity contribution in [1.29, 1.82) is 0 Å². The lowest BCUT2D eigenvalue weighted by Crippen LogP contribution is -2.23. The number of hydrogen-bond donors (Lipinski definition) is 2. The molecule has 0 saturated carbocycles. The Bertz CT molecular complexity index is 973. The third-order valence-electron chi connectivity index (χ3n) is 3.91. The molecule has 11 nitrogen and oxygen atoms in total. The molecule has 2 heterocycles. The van der Waals surface area contributed by atoms with Crippen LogP contribution in [0.3, 0.4) is 0 Å². The van der Waals surface area contributed by atoms with Crippen LogP contribution in [0.1, 0.15) is 34.2 Å². The van der Waals surface area contributed by atoms with Crippen molar-refractivity contribution >= 4 is 17.9 Å². The third-order valence-corrected chi connectivity index (χ3v) is 3.91. The molecule has 1 amide bonds. The highest BCUT2D eigenvalue weighted by Crippen LogP contribution is 2.16. The Labute approximate surface area is 161 Å². The molecular weight excluding hydrogens is 362 g/mol. The molecule has 146 valence electrons. The van der Waals surface area contributed by atoms with Crippen molar-refractivity contribution in [1.82, 2.24) is 35.6 Å². The van der Waals surface area contributed by atoms with Gasteiger partial charge in [0.2, 0.25) is 11.6 Å². The Hall–Kier alpha value is -3.60. The molecular formula is C17H21N9O2. The molecule has 0 unspecified atom stereocenters. The number of nitrogens with one attached hydrogen (secondary N) is 1. The summed E-state index contributed by atoms with van der Waals surface area (Å²) in [6.07, 6.45) is 2.52. The number of hydrazone groups is 1. The van der Waals surface area contributed by atoms with Crippen LogP contribution in [-0.2, 0) is 13.0 Å². The van der Waals surface area contributed by atoms with Crippen molar-refractivity contribution in [3.8, 4) is 5.82 Å². The SMILES string of the molecule is CCc1ccc(/C=N\NC(=O)c2nnn(-c3nonc3N)c2CN(C)C)cc1. The predicted molar refractivity (Wildman–Crippen MR) is 102 cm³/mol. The Kier molecular flexibility index (Phi) is 5.75. The van der Waals surface area contributed by atoms with Crippen LogP contribution in [0.25, 0.3) is 5.82 Å². The molecule has 0 saturated heterocycles. The highest BCUT2D eigenvalue weighted by atomic mass is 16.6. The van der Waals surface area contributed by atoms with Gasteiger partial charge in [0, 0.05) is 6.54 Å². The zero-order valence-electron chi connectivity index (χ0n) is 15.8. The van der Waals surface area contributed by atoms with E-state index >= 15 is 0 Å². The summed E-state index contributed by atoms with van der Waals surface area (Å²) in [5.74, 6) is -0.284. The zero-order valence-corrected chi connectivity index (χ0v) is 15.8. The van der Waals surface area contributed by atoms with Gasteiger partial charge in [-0.1, -0.05) is 36.4 Å². The molecule has 0 radical (unpaired) electrons. The molecule has 0 bridgehead atoms. The molecule has 28 heavy (non-hydrogen) atoms. The average Bonchev–Trinajstić information content (AvgIpc) is 3.27. The zero-order chi connectivity index (χ0) is 20.1. The van der Waals surface area contributed by atoms with Crippen LogP contribution >= 0.6 is 0 Å². The minimum Gasteiger partial charge on any atom is -0.378 e. The second-order valence-electron chi connectivity index (χ2n) is 6.30. The molecule has 0 aliphatic heterocycles. The van der Waals surface area contributed by atoms with Crippen LogP contribution in [0.2, 0.25) is 0 Å². The number of anilines is 1. The Morgan fingerprint density at radius 2 is 2.07 bits per heavy atom. The molecule has 3 rings (SSSR count). The van der Waals surface area contributed by atoms with E-state index in [0.717, 1.165) is 12.0 Å². The Morgan fingerprint density at radius 1 is 1.32 bits per heavy atom. The van der Waals surface area contributed by atoms with Crippen molar-refractivity contribution in [2.75, 3.05) is 19.8 Å². The number of amides is 1. The number of nitrogens with zero attached hydrogens (tertiary/aromatic N) is 7. The Balaban J connectivity index is 1.79. The molecule has 0 spiro atoms. The molecule has 3 aromatic rings. The van der Waals surface area contributed by atoms with E-state index in [2.05, 4.69) is 42.7 Å². The lowest BCUT2D eigenvalue weighted by atomic mass is 10.1. The fourth-order valence-electron chi connectivity index (χ4n) is 2.49. The monoisotopic (exact) mass is 383 g/mol. The van der Waals surface area contributed by atoms with Crippen LogP contribution in [0.15, 0.2) is 34.0 Å². The fraction of sp³-hybridized carbons (Fsp3) is 0.294. The summed E-state index contributed by atoms with van der Waals surface area (Å²) in [4.78, 5) is 14.4. The summed E-state index contributed by atoms with van der Waals surface area (Å²) in [5, 5.41) is 19.2. The number of nitrogens with two attached hydrogens (primary N) is 1. The third kappa shape index (κ3) is 4.20. The smallest absolute Gasteiger partial charge is 0.293 e. The van der Waals surface area contributed by atoms with E-state index < -0.39 is 5.91 Å². The highest BCUT2D eigenvalue weighted by Gasteiger charge is 2.24.